The molecule has 184 valence electrons. The number of ether oxygens (including phenoxy) is 2. The summed E-state index contributed by atoms with van der Waals surface area (Å²) in [5.74, 6) is -1.73. The van der Waals surface area contributed by atoms with E-state index < -0.39 is 41.6 Å². The average molecular weight is 481 g/mol. The molecule has 2 amide bonds. The summed E-state index contributed by atoms with van der Waals surface area (Å²) in [6.45, 7) is 1.83. The van der Waals surface area contributed by atoms with Crippen LogP contribution in [-0.4, -0.2) is 77.6 Å². The van der Waals surface area contributed by atoms with Crippen molar-refractivity contribution in [2.24, 2.45) is 5.41 Å². The highest BCUT2D eigenvalue weighted by Gasteiger charge is 2.52. The van der Waals surface area contributed by atoms with Gasteiger partial charge < -0.3 is 29.9 Å². The number of fused-ring (bicyclic) bond motifs is 3. The molecule has 9 nitrogen and oxygen atoms in total. The van der Waals surface area contributed by atoms with Crippen LogP contribution in [0.25, 0.3) is 11.1 Å². The Labute approximate surface area is 202 Å². The zero-order valence-electron chi connectivity index (χ0n) is 19.3. The predicted molar refractivity (Wildman–Crippen MR) is 125 cm³/mol. The molecule has 35 heavy (non-hydrogen) atoms. The van der Waals surface area contributed by atoms with Gasteiger partial charge in [0.2, 0.25) is 5.91 Å². The van der Waals surface area contributed by atoms with Crippen LogP contribution < -0.4 is 5.32 Å². The minimum atomic E-state index is -1.18. The second-order valence-corrected chi connectivity index (χ2v) is 9.66. The average Bonchev–Trinajstić information content (AvgIpc) is 3.51. The van der Waals surface area contributed by atoms with Crippen LogP contribution in [0.5, 0.6) is 0 Å². The first kappa shape index (κ1) is 23.3. The zero-order chi connectivity index (χ0) is 24.7. The molecule has 3 aliphatic rings. The van der Waals surface area contributed by atoms with Gasteiger partial charge in [0, 0.05) is 18.9 Å². The van der Waals surface area contributed by atoms with Crippen LogP contribution >= 0.6 is 0 Å². The number of β-amino-alcohol motifs (C(OH)–C–C–N with tert-alkyl or cyclic N) is 1. The van der Waals surface area contributed by atoms with Crippen LogP contribution in [0.2, 0.25) is 0 Å². The van der Waals surface area contributed by atoms with Gasteiger partial charge in [0.25, 0.3) is 0 Å². The minimum absolute atomic E-state index is 0.0253. The second-order valence-electron chi connectivity index (χ2n) is 9.66. The normalized spacial score (nSPS) is 27.4. The van der Waals surface area contributed by atoms with E-state index in [1.165, 1.54) is 4.90 Å². The molecule has 2 fully saturated rings. The number of carbonyl (C=O) groups excluding carboxylic acids is 2. The highest BCUT2D eigenvalue weighted by Crippen LogP contribution is 2.44. The van der Waals surface area contributed by atoms with Gasteiger partial charge in [-0.25, -0.2) is 9.59 Å². The summed E-state index contributed by atoms with van der Waals surface area (Å²) >= 11 is 0. The monoisotopic (exact) mass is 480 g/mol. The Hall–Kier alpha value is -3.43. The number of nitrogens with one attached hydrogen (secondary N) is 1. The topological polar surface area (TPSA) is 125 Å². The lowest BCUT2D eigenvalue weighted by Crippen LogP contribution is -2.56. The van der Waals surface area contributed by atoms with E-state index in [1.54, 1.807) is 6.92 Å². The Morgan fingerprint density at radius 2 is 1.74 bits per heavy atom. The summed E-state index contributed by atoms with van der Waals surface area (Å²) in [5.41, 5.74) is 3.26. The van der Waals surface area contributed by atoms with Crippen LogP contribution in [0.1, 0.15) is 30.4 Å². The maximum atomic E-state index is 13.3. The molecule has 0 spiro atoms. The van der Waals surface area contributed by atoms with Crippen molar-refractivity contribution in [1.29, 1.82) is 0 Å². The molecule has 2 aliphatic heterocycles. The van der Waals surface area contributed by atoms with Crippen molar-refractivity contribution in [3.63, 3.8) is 0 Å². The van der Waals surface area contributed by atoms with E-state index in [1.807, 2.05) is 36.4 Å². The Bertz CT molecular complexity index is 1120. The Morgan fingerprint density at radius 3 is 2.37 bits per heavy atom. The second kappa shape index (κ2) is 8.98. The van der Waals surface area contributed by atoms with Crippen molar-refractivity contribution >= 4 is 18.0 Å². The number of carbonyl (C=O) groups is 3. The summed E-state index contributed by atoms with van der Waals surface area (Å²) in [6, 6.07) is 14.3. The summed E-state index contributed by atoms with van der Waals surface area (Å²) in [5, 5.41) is 22.2. The minimum Gasteiger partial charge on any atom is -0.480 e. The molecule has 9 heteroatoms. The number of aliphatic carboxylic acids is 1. The van der Waals surface area contributed by atoms with Gasteiger partial charge in [-0.15, -0.1) is 0 Å². The Kier molecular flexibility index (Phi) is 5.98. The van der Waals surface area contributed by atoms with E-state index in [4.69, 9.17) is 9.47 Å². The number of hydrogen-bond donors (Lipinski definition) is 3. The maximum Gasteiger partial charge on any atom is 0.407 e. The van der Waals surface area contributed by atoms with Gasteiger partial charge in [-0.2, -0.15) is 0 Å². The fourth-order valence-electron chi connectivity index (χ4n) is 5.47. The fraction of sp³-hybridized carbons (Fsp3) is 0.423. The third kappa shape index (κ3) is 4.04. The number of carboxylic acids is 1. The SMILES string of the molecule is CC1(C(=O)N2C[C@H](O)C[C@H]2C(=O)O)COCC1NC(=O)OCC1c2ccccc2-c2ccccc21. The third-order valence-electron chi connectivity index (χ3n) is 7.40. The molecule has 1 aliphatic carbocycles. The van der Waals surface area contributed by atoms with Crippen LogP contribution in [0, 0.1) is 5.41 Å². The van der Waals surface area contributed by atoms with Gasteiger partial charge in [0.15, 0.2) is 0 Å². The van der Waals surface area contributed by atoms with Gasteiger partial charge in [-0.1, -0.05) is 48.5 Å². The van der Waals surface area contributed by atoms with Crippen molar-refractivity contribution in [2.45, 2.75) is 37.5 Å². The number of benzene rings is 2. The van der Waals surface area contributed by atoms with Gasteiger partial charge in [-0.05, 0) is 29.2 Å². The molecule has 0 bridgehead atoms. The quantitative estimate of drug-likeness (QED) is 0.598. The van der Waals surface area contributed by atoms with E-state index >= 15 is 0 Å². The predicted octanol–water partition coefficient (Wildman–Crippen LogP) is 1.98. The maximum absolute atomic E-state index is 13.3. The number of hydrogen-bond acceptors (Lipinski definition) is 6. The van der Waals surface area contributed by atoms with E-state index in [0.717, 1.165) is 22.3 Å². The molecule has 0 saturated carbocycles. The molecule has 2 saturated heterocycles. The molecule has 4 atom stereocenters. The molecular weight excluding hydrogens is 452 g/mol. The van der Waals surface area contributed by atoms with Crippen LogP contribution in [0.4, 0.5) is 4.79 Å². The van der Waals surface area contributed by atoms with E-state index in [2.05, 4.69) is 17.4 Å². The lowest BCUT2D eigenvalue weighted by Gasteiger charge is -2.34. The van der Waals surface area contributed by atoms with Crippen LogP contribution in [0.15, 0.2) is 48.5 Å². The first-order valence-corrected chi connectivity index (χ1v) is 11.7. The van der Waals surface area contributed by atoms with E-state index in [0.29, 0.717) is 0 Å². The smallest absolute Gasteiger partial charge is 0.407 e. The number of alkyl carbamates (subject to hydrolysis) is 1. The number of nitrogens with zero attached hydrogens (tertiary/aromatic N) is 1. The molecular formula is C26H28N2O7. The number of rotatable bonds is 5. The number of carboxylic acid groups (broad SMARTS) is 1. The molecule has 2 unspecified atom stereocenters. The number of likely N-dealkylation sites (tertiary alicyclic amines) is 1. The lowest BCUT2D eigenvalue weighted by atomic mass is 9.83. The van der Waals surface area contributed by atoms with Crippen molar-refractivity contribution < 1.29 is 34.1 Å². The molecule has 0 aromatic heterocycles. The third-order valence-corrected chi connectivity index (χ3v) is 7.40. The summed E-state index contributed by atoms with van der Waals surface area (Å²) in [7, 11) is 0. The number of aliphatic hydroxyl groups excluding tert-OH is 1. The van der Waals surface area contributed by atoms with Gasteiger partial charge in [0.1, 0.15) is 12.6 Å². The van der Waals surface area contributed by atoms with Crippen LogP contribution in [0.3, 0.4) is 0 Å². The number of aliphatic hydroxyl groups is 1. The fourth-order valence-corrected chi connectivity index (χ4v) is 5.47. The molecule has 2 aromatic carbocycles. The summed E-state index contributed by atoms with van der Waals surface area (Å²) < 4.78 is 11.1. The molecule has 5 rings (SSSR count). The van der Waals surface area contributed by atoms with Gasteiger partial charge >= 0.3 is 12.1 Å². The highest BCUT2D eigenvalue weighted by molar-refractivity contribution is 5.89. The van der Waals surface area contributed by atoms with Crippen molar-refractivity contribution in [3.8, 4) is 11.1 Å². The lowest BCUT2D eigenvalue weighted by molar-refractivity contribution is -0.153. The zero-order valence-corrected chi connectivity index (χ0v) is 19.3. The van der Waals surface area contributed by atoms with Crippen molar-refractivity contribution in [1.82, 2.24) is 10.2 Å². The first-order chi connectivity index (χ1) is 16.8. The van der Waals surface area contributed by atoms with E-state index in [9.17, 15) is 24.6 Å². The molecule has 2 aromatic rings. The number of amides is 2. The molecule has 3 N–H and O–H groups in total. The van der Waals surface area contributed by atoms with Crippen molar-refractivity contribution in [3.05, 3.63) is 59.7 Å². The Morgan fingerprint density at radius 1 is 1.11 bits per heavy atom. The van der Waals surface area contributed by atoms with Gasteiger partial charge in [-0.3, -0.25) is 4.79 Å². The van der Waals surface area contributed by atoms with Gasteiger partial charge in [0.05, 0.1) is 30.8 Å². The summed E-state index contributed by atoms with van der Waals surface area (Å²) in [4.78, 5) is 38.9. The van der Waals surface area contributed by atoms with Crippen LogP contribution in [-0.2, 0) is 19.1 Å². The molecule has 0 radical (unpaired) electrons. The Balaban J connectivity index is 1.26. The largest absolute Gasteiger partial charge is 0.480 e. The highest BCUT2D eigenvalue weighted by atomic mass is 16.5. The van der Waals surface area contributed by atoms with Crippen molar-refractivity contribution in [2.75, 3.05) is 26.4 Å². The molecule has 2 heterocycles. The summed E-state index contributed by atoms with van der Waals surface area (Å²) in [6.07, 6.45) is -1.60. The first-order valence-electron chi connectivity index (χ1n) is 11.7. The van der Waals surface area contributed by atoms with E-state index in [-0.39, 0.29) is 38.7 Å². The standard InChI is InChI=1S/C26H28N2O7/c1-26(24(32)28-11-15(29)10-21(28)23(30)31)14-34-13-22(26)27-25(33)35-12-20-18-8-4-2-6-16(18)17-7-3-5-9-19(17)20/h2-9,15,20-22,29H,10-14H2,1H3,(H,27,33)(H,30,31)/t15-,21+,22?,26?/m1/s1.